The number of urea groups is 1. The Labute approximate surface area is 225 Å². The van der Waals surface area contributed by atoms with Crippen molar-refractivity contribution in [3.05, 3.63) is 41.9 Å². The molecule has 3 fully saturated rings. The van der Waals surface area contributed by atoms with E-state index in [1.165, 1.54) is 4.90 Å². The lowest BCUT2D eigenvalue weighted by molar-refractivity contribution is 0.0206. The van der Waals surface area contributed by atoms with Crippen molar-refractivity contribution in [1.29, 1.82) is 0 Å². The molecule has 39 heavy (non-hydrogen) atoms. The maximum Gasteiger partial charge on any atom is 0.320 e. The molecule has 2 amide bonds. The molecule has 0 spiro atoms. The molecule has 2 aromatic rings. The molecule has 0 bridgehead atoms. The van der Waals surface area contributed by atoms with Crippen LogP contribution in [0.25, 0.3) is 11.3 Å². The monoisotopic (exact) mass is 551 g/mol. The summed E-state index contributed by atoms with van der Waals surface area (Å²) in [7, 11) is 0. The van der Waals surface area contributed by atoms with Crippen molar-refractivity contribution in [3.63, 3.8) is 0 Å². The van der Waals surface area contributed by atoms with E-state index in [-0.39, 0.29) is 43.4 Å². The van der Waals surface area contributed by atoms with Crippen molar-refractivity contribution < 1.29 is 32.9 Å². The predicted octanol–water partition coefficient (Wildman–Crippen LogP) is 2.33. The fourth-order valence-corrected chi connectivity index (χ4v) is 5.93. The second kappa shape index (κ2) is 11.8. The molecule has 1 aromatic heterocycles. The highest BCUT2D eigenvalue weighted by Gasteiger charge is 2.43. The molecule has 3 aliphatic heterocycles. The number of ether oxygens (including phenoxy) is 1. The lowest BCUT2D eigenvalue weighted by atomic mass is 9.89. The van der Waals surface area contributed by atoms with Crippen LogP contribution >= 0.6 is 0 Å². The molecule has 0 saturated carbocycles. The zero-order chi connectivity index (χ0) is 27.7. The highest BCUT2D eigenvalue weighted by molar-refractivity contribution is 5.75. The average molecular weight is 552 g/mol. The molecular formula is C27H36F3N5O4. The van der Waals surface area contributed by atoms with Crippen molar-refractivity contribution >= 4 is 6.03 Å². The Morgan fingerprint density at radius 1 is 1.21 bits per heavy atom. The summed E-state index contributed by atoms with van der Waals surface area (Å²) in [5, 5.41) is 23.4. The van der Waals surface area contributed by atoms with E-state index in [0.29, 0.717) is 45.0 Å². The molecule has 3 N–H and O–H groups in total. The first-order valence-corrected chi connectivity index (χ1v) is 13.6. The first-order chi connectivity index (χ1) is 18.8. The first-order valence-electron chi connectivity index (χ1n) is 13.6. The second-order valence-electron chi connectivity index (χ2n) is 10.7. The van der Waals surface area contributed by atoms with Crippen LogP contribution in [-0.2, 0) is 11.3 Å². The van der Waals surface area contributed by atoms with E-state index < -0.39 is 48.0 Å². The number of β-amino-alcohol motifs (C(OH)–C–C–N with tert-alkyl or cyclic N) is 2. The van der Waals surface area contributed by atoms with Crippen LogP contribution in [0.2, 0.25) is 0 Å². The van der Waals surface area contributed by atoms with Gasteiger partial charge in [-0.1, -0.05) is 0 Å². The minimum absolute atomic E-state index is 0.0154. The van der Waals surface area contributed by atoms with Gasteiger partial charge in [0.1, 0.15) is 23.6 Å². The summed E-state index contributed by atoms with van der Waals surface area (Å²) >= 11 is 0. The number of aryl methyl sites for hydroxylation is 1. The molecule has 0 aliphatic carbocycles. The van der Waals surface area contributed by atoms with Crippen LogP contribution in [0.4, 0.5) is 18.0 Å². The highest BCUT2D eigenvalue weighted by atomic mass is 19.1. The third-order valence-corrected chi connectivity index (χ3v) is 8.13. The molecule has 4 heterocycles. The number of halogens is 3. The van der Waals surface area contributed by atoms with Gasteiger partial charge in [-0.2, -0.15) is 0 Å². The van der Waals surface area contributed by atoms with Crippen molar-refractivity contribution in [1.82, 2.24) is 24.7 Å². The Bertz CT molecular complexity index is 1150. The smallest absolute Gasteiger partial charge is 0.320 e. The van der Waals surface area contributed by atoms with Crippen LogP contribution in [0.15, 0.2) is 24.4 Å². The van der Waals surface area contributed by atoms with Crippen molar-refractivity contribution in [3.8, 4) is 11.3 Å². The van der Waals surface area contributed by atoms with Gasteiger partial charge < -0.3 is 34.6 Å². The van der Waals surface area contributed by atoms with Gasteiger partial charge >= 0.3 is 6.03 Å². The van der Waals surface area contributed by atoms with Crippen LogP contribution in [0, 0.1) is 23.5 Å². The summed E-state index contributed by atoms with van der Waals surface area (Å²) in [4.78, 5) is 21.9. The Balaban J connectivity index is 1.59. The molecule has 9 nitrogen and oxygen atoms in total. The van der Waals surface area contributed by atoms with E-state index in [9.17, 15) is 28.2 Å². The first kappa shape index (κ1) is 27.9. The van der Waals surface area contributed by atoms with Gasteiger partial charge in [0, 0.05) is 57.1 Å². The molecule has 1 aromatic carbocycles. The number of nitrogens with one attached hydrogen (secondary N) is 1. The van der Waals surface area contributed by atoms with Gasteiger partial charge in [-0.05, 0) is 43.9 Å². The van der Waals surface area contributed by atoms with Gasteiger partial charge in [0.05, 0.1) is 37.0 Å². The normalized spacial score (nSPS) is 26.8. The fourth-order valence-electron chi connectivity index (χ4n) is 5.93. The molecule has 5 rings (SSSR count). The van der Waals surface area contributed by atoms with Gasteiger partial charge in [-0.15, -0.1) is 0 Å². The number of imidazole rings is 1. The number of aliphatic hydroxyl groups is 2. The summed E-state index contributed by atoms with van der Waals surface area (Å²) in [6.07, 6.45) is -0.378. The largest absolute Gasteiger partial charge is 0.388 e. The lowest BCUT2D eigenvalue weighted by Gasteiger charge is -2.41. The van der Waals surface area contributed by atoms with Crippen LogP contribution in [0.1, 0.15) is 31.6 Å². The Kier molecular flexibility index (Phi) is 8.46. The summed E-state index contributed by atoms with van der Waals surface area (Å²) < 4.78 is 51.1. The number of rotatable bonds is 7. The molecule has 5 unspecified atom stereocenters. The molecule has 5 atom stereocenters. The van der Waals surface area contributed by atoms with Crippen LogP contribution in [0.5, 0.6) is 0 Å². The fraction of sp³-hybridized carbons (Fsp3) is 0.630. The number of aromatic nitrogens is 2. The van der Waals surface area contributed by atoms with Gasteiger partial charge in [-0.3, -0.25) is 0 Å². The van der Waals surface area contributed by atoms with E-state index in [1.54, 1.807) is 11.1 Å². The van der Waals surface area contributed by atoms with E-state index in [2.05, 4.69) is 5.32 Å². The Morgan fingerprint density at radius 2 is 1.92 bits per heavy atom. The number of benzene rings is 1. The number of aliphatic hydroxyl groups excluding tert-OH is 2. The zero-order valence-electron chi connectivity index (χ0n) is 22.0. The van der Waals surface area contributed by atoms with Crippen LogP contribution in [0.3, 0.4) is 0 Å². The second-order valence-corrected chi connectivity index (χ2v) is 10.7. The number of likely N-dealkylation sites (tertiary alicyclic amines) is 1. The summed E-state index contributed by atoms with van der Waals surface area (Å²) in [5.41, 5.74) is 0.257. The maximum absolute atomic E-state index is 14.9. The number of amides is 2. The minimum Gasteiger partial charge on any atom is -0.388 e. The topological polar surface area (TPSA) is 103 Å². The van der Waals surface area contributed by atoms with Crippen LogP contribution < -0.4 is 5.32 Å². The molecule has 3 saturated heterocycles. The van der Waals surface area contributed by atoms with Gasteiger partial charge in [0.15, 0.2) is 0 Å². The SMILES string of the molecule is CCn1cc(-c2cc(F)ccc2F)nc1C(C1CCOCC1)N(CC1CNCC1F)C(=O)N1CC(O)C(O)C1. The minimum atomic E-state index is -1.15. The van der Waals surface area contributed by atoms with Crippen molar-refractivity contribution in [2.24, 2.45) is 11.8 Å². The molecular weight excluding hydrogens is 515 g/mol. The van der Waals surface area contributed by atoms with Crippen molar-refractivity contribution in [2.75, 3.05) is 45.9 Å². The number of hydrogen-bond donors (Lipinski definition) is 3. The summed E-state index contributed by atoms with van der Waals surface area (Å²) in [5.74, 6) is -1.26. The molecule has 214 valence electrons. The van der Waals surface area contributed by atoms with E-state index in [4.69, 9.17) is 9.72 Å². The molecule has 3 aliphatic rings. The lowest BCUT2D eigenvalue weighted by Crippen LogP contribution is -2.50. The van der Waals surface area contributed by atoms with Crippen molar-refractivity contribution in [2.45, 2.75) is 50.7 Å². The Hall–Kier alpha value is -2.67. The van der Waals surface area contributed by atoms with E-state index >= 15 is 0 Å². The number of alkyl halides is 1. The van der Waals surface area contributed by atoms with Gasteiger partial charge in [0.2, 0.25) is 0 Å². The number of carbonyl (C=O) groups is 1. The number of hydrogen-bond acceptors (Lipinski definition) is 6. The number of carbonyl (C=O) groups excluding carboxylic acids is 1. The predicted molar refractivity (Wildman–Crippen MR) is 136 cm³/mol. The maximum atomic E-state index is 14.9. The highest BCUT2D eigenvalue weighted by Crippen LogP contribution is 2.38. The van der Waals surface area contributed by atoms with Gasteiger partial charge in [-0.25, -0.2) is 22.9 Å². The quantitative estimate of drug-likeness (QED) is 0.488. The number of nitrogens with zero attached hydrogens (tertiary/aromatic N) is 4. The Morgan fingerprint density at radius 3 is 2.56 bits per heavy atom. The third kappa shape index (κ3) is 5.79. The standard InChI is InChI=1S/C27H36F3N5O4/c1-2-33-13-22(19-9-18(28)3-4-20(19)29)32-26(33)25(16-5-7-39-8-6-16)35(12-17-10-31-11-21(17)30)27(38)34-14-23(36)24(37)15-34/h3-4,9,13,16-17,21,23-25,31,36-37H,2,5-8,10-12,14-15H2,1H3. The summed E-state index contributed by atoms with van der Waals surface area (Å²) in [6.45, 7) is 3.94. The molecule has 12 heteroatoms. The van der Waals surface area contributed by atoms with Gasteiger partial charge in [0.25, 0.3) is 0 Å². The third-order valence-electron chi connectivity index (χ3n) is 8.13. The zero-order valence-corrected chi connectivity index (χ0v) is 22.0. The summed E-state index contributed by atoms with van der Waals surface area (Å²) in [6, 6.07) is 2.15. The average Bonchev–Trinajstić information content (AvgIpc) is 3.64. The van der Waals surface area contributed by atoms with E-state index in [0.717, 1.165) is 18.2 Å². The van der Waals surface area contributed by atoms with Crippen LogP contribution in [-0.4, -0.2) is 99.9 Å². The van der Waals surface area contributed by atoms with E-state index in [1.807, 2.05) is 11.5 Å². The molecule has 0 radical (unpaired) electrons.